The molecular formula is C14H23N3O. The van der Waals surface area contributed by atoms with Gasteiger partial charge >= 0.3 is 0 Å². The fourth-order valence-electron chi connectivity index (χ4n) is 2.40. The van der Waals surface area contributed by atoms with Crippen LogP contribution >= 0.6 is 0 Å². The molecule has 0 saturated heterocycles. The van der Waals surface area contributed by atoms with Crippen LogP contribution in [0.15, 0.2) is 12.1 Å². The highest BCUT2D eigenvalue weighted by molar-refractivity contribution is 5.53. The lowest BCUT2D eigenvalue weighted by Gasteiger charge is -2.27. The third kappa shape index (κ3) is 3.28. The summed E-state index contributed by atoms with van der Waals surface area (Å²) in [5, 5.41) is 3.48. The van der Waals surface area contributed by atoms with Crippen LogP contribution in [0.5, 0.6) is 5.88 Å². The van der Waals surface area contributed by atoms with Gasteiger partial charge in [0.2, 0.25) is 5.88 Å². The Morgan fingerprint density at radius 3 is 2.72 bits per heavy atom. The topological polar surface area (TPSA) is 60.2 Å². The fourth-order valence-corrected chi connectivity index (χ4v) is 2.40. The van der Waals surface area contributed by atoms with E-state index >= 15 is 0 Å². The summed E-state index contributed by atoms with van der Waals surface area (Å²) < 4.78 is 5.41. The van der Waals surface area contributed by atoms with E-state index in [9.17, 15) is 0 Å². The van der Waals surface area contributed by atoms with Crippen molar-refractivity contribution in [3.05, 3.63) is 12.1 Å². The molecule has 100 valence electrons. The fraction of sp³-hybridized carbons (Fsp3) is 0.643. The number of aromatic nitrogens is 1. The molecule has 4 heteroatoms. The SMILES string of the molecule is CCOc1nc(NC2CCC(C)CC2)ccc1N. The van der Waals surface area contributed by atoms with Crippen molar-refractivity contribution in [1.82, 2.24) is 4.98 Å². The Morgan fingerprint density at radius 2 is 2.06 bits per heavy atom. The standard InChI is InChI=1S/C14H23N3O/c1-3-18-14-12(15)8-9-13(17-14)16-11-6-4-10(2)5-7-11/h8-11H,3-7,15H2,1-2H3,(H,16,17). The molecule has 1 aliphatic carbocycles. The highest BCUT2D eigenvalue weighted by Gasteiger charge is 2.18. The van der Waals surface area contributed by atoms with Crippen molar-refractivity contribution in [2.24, 2.45) is 5.92 Å². The van der Waals surface area contributed by atoms with Gasteiger partial charge in [0.1, 0.15) is 5.82 Å². The summed E-state index contributed by atoms with van der Waals surface area (Å²) in [4.78, 5) is 4.42. The van der Waals surface area contributed by atoms with Gasteiger partial charge < -0.3 is 15.8 Å². The van der Waals surface area contributed by atoms with Crippen molar-refractivity contribution in [2.75, 3.05) is 17.7 Å². The second-order valence-electron chi connectivity index (χ2n) is 5.13. The van der Waals surface area contributed by atoms with E-state index in [0.717, 1.165) is 11.7 Å². The minimum Gasteiger partial charge on any atom is -0.476 e. The number of nitrogens with zero attached hydrogens (tertiary/aromatic N) is 1. The first-order chi connectivity index (χ1) is 8.69. The third-order valence-corrected chi connectivity index (χ3v) is 3.54. The maximum absolute atomic E-state index is 5.81. The molecule has 0 amide bonds. The van der Waals surface area contributed by atoms with E-state index in [4.69, 9.17) is 10.5 Å². The minimum atomic E-state index is 0.534. The zero-order valence-corrected chi connectivity index (χ0v) is 11.3. The highest BCUT2D eigenvalue weighted by Crippen LogP contribution is 2.27. The number of nitrogen functional groups attached to an aromatic ring is 1. The van der Waals surface area contributed by atoms with E-state index < -0.39 is 0 Å². The van der Waals surface area contributed by atoms with Crippen molar-refractivity contribution in [3.63, 3.8) is 0 Å². The summed E-state index contributed by atoms with van der Waals surface area (Å²) in [6.07, 6.45) is 5.03. The Morgan fingerprint density at radius 1 is 1.33 bits per heavy atom. The van der Waals surface area contributed by atoms with E-state index in [0.29, 0.717) is 24.2 Å². The van der Waals surface area contributed by atoms with E-state index in [1.165, 1.54) is 25.7 Å². The Balaban J connectivity index is 1.98. The molecule has 0 aromatic carbocycles. The Hall–Kier alpha value is -1.45. The molecule has 1 fully saturated rings. The monoisotopic (exact) mass is 249 g/mol. The van der Waals surface area contributed by atoms with Gasteiger partial charge in [0.05, 0.1) is 12.3 Å². The molecule has 0 unspecified atom stereocenters. The maximum atomic E-state index is 5.81. The molecule has 1 heterocycles. The smallest absolute Gasteiger partial charge is 0.239 e. The molecular weight excluding hydrogens is 226 g/mol. The summed E-state index contributed by atoms with van der Waals surface area (Å²) in [5.74, 6) is 2.26. The van der Waals surface area contributed by atoms with Crippen molar-refractivity contribution in [2.45, 2.75) is 45.6 Å². The number of ether oxygens (including phenoxy) is 1. The van der Waals surface area contributed by atoms with Crippen LogP contribution in [0.2, 0.25) is 0 Å². The Labute approximate surface area is 109 Å². The van der Waals surface area contributed by atoms with Gasteiger partial charge in [-0.15, -0.1) is 0 Å². The van der Waals surface area contributed by atoms with Gasteiger partial charge in [-0.05, 0) is 50.7 Å². The minimum absolute atomic E-state index is 0.534. The quantitative estimate of drug-likeness (QED) is 0.861. The number of hydrogen-bond acceptors (Lipinski definition) is 4. The lowest BCUT2D eigenvalue weighted by atomic mass is 9.87. The van der Waals surface area contributed by atoms with Crippen LogP contribution in [0.25, 0.3) is 0 Å². The molecule has 1 aromatic rings. The first kappa shape index (κ1) is 13.0. The van der Waals surface area contributed by atoms with Gasteiger partial charge in [0, 0.05) is 6.04 Å². The first-order valence-corrected chi connectivity index (χ1v) is 6.85. The molecule has 1 saturated carbocycles. The molecule has 3 N–H and O–H groups in total. The van der Waals surface area contributed by atoms with Crippen molar-refractivity contribution in [1.29, 1.82) is 0 Å². The van der Waals surface area contributed by atoms with Crippen LogP contribution in [0.3, 0.4) is 0 Å². The summed E-state index contributed by atoms with van der Waals surface area (Å²) in [6, 6.07) is 4.31. The molecule has 1 aromatic heterocycles. The summed E-state index contributed by atoms with van der Waals surface area (Å²) >= 11 is 0. The van der Waals surface area contributed by atoms with Crippen molar-refractivity contribution < 1.29 is 4.74 Å². The van der Waals surface area contributed by atoms with E-state index in [1.807, 2.05) is 19.1 Å². The number of nitrogens with one attached hydrogen (secondary N) is 1. The van der Waals surface area contributed by atoms with Crippen LogP contribution in [-0.4, -0.2) is 17.6 Å². The average Bonchev–Trinajstić information content (AvgIpc) is 2.37. The van der Waals surface area contributed by atoms with Crippen molar-refractivity contribution in [3.8, 4) is 5.88 Å². The van der Waals surface area contributed by atoms with Crippen LogP contribution < -0.4 is 15.8 Å². The van der Waals surface area contributed by atoms with Crippen LogP contribution in [-0.2, 0) is 0 Å². The second-order valence-corrected chi connectivity index (χ2v) is 5.13. The van der Waals surface area contributed by atoms with Gasteiger partial charge in [-0.25, -0.2) is 0 Å². The van der Waals surface area contributed by atoms with E-state index in [2.05, 4.69) is 17.2 Å². The van der Waals surface area contributed by atoms with E-state index in [1.54, 1.807) is 0 Å². The Kier molecular flexibility index (Phi) is 4.28. The lowest BCUT2D eigenvalue weighted by molar-refractivity contribution is 0.328. The zero-order chi connectivity index (χ0) is 13.0. The van der Waals surface area contributed by atoms with Crippen LogP contribution in [0.1, 0.15) is 39.5 Å². The molecule has 0 bridgehead atoms. The summed E-state index contributed by atoms with van der Waals surface area (Å²) in [7, 11) is 0. The molecule has 0 atom stereocenters. The van der Waals surface area contributed by atoms with Gasteiger partial charge in [0.15, 0.2) is 0 Å². The normalized spacial score (nSPS) is 23.7. The molecule has 1 aliphatic rings. The molecule has 0 radical (unpaired) electrons. The van der Waals surface area contributed by atoms with Gasteiger partial charge in [0.25, 0.3) is 0 Å². The predicted octanol–water partition coefficient (Wildman–Crippen LogP) is 3.05. The largest absolute Gasteiger partial charge is 0.476 e. The summed E-state index contributed by atoms with van der Waals surface area (Å²) in [5.41, 5.74) is 6.41. The lowest BCUT2D eigenvalue weighted by Crippen LogP contribution is -2.25. The third-order valence-electron chi connectivity index (χ3n) is 3.54. The number of rotatable bonds is 4. The van der Waals surface area contributed by atoms with Gasteiger partial charge in [-0.1, -0.05) is 6.92 Å². The van der Waals surface area contributed by atoms with Crippen LogP contribution in [0.4, 0.5) is 11.5 Å². The van der Waals surface area contributed by atoms with Gasteiger partial charge in [-0.3, -0.25) is 0 Å². The molecule has 0 aliphatic heterocycles. The second kappa shape index (κ2) is 5.94. The first-order valence-electron chi connectivity index (χ1n) is 6.85. The molecule has 18 heavy (non-hydrogen) atoms. The zero-order valence-electron chi connectivity index (χ0n) is 11.3. The maximum Gasteiger partial charge on any atom is 0.239 e. The molecule has 2 rings (SSSR count). The Bertz CT molecular complexity index is 387. The molecule has 0 spiro atoms. The van der Waals surface area contributed by atoms with E-state index in [-0.39, 0.29) is 0 Å². The number of pyridine rings is 1. The predicted molar refractivity (Wildman–Crippen MR) is 74.9 cm³/mol. The average molecular weight is 249 g/mol. The number of hydrogen-bond donors (Lipinski definition) is 2. The van der Waals surface area contributed by atoms with Gasteiger partial charge in [-0.2, -0.15) is 4.98 Å². The molecule has 4 nitrogen and oxygen atoms in total. The highest BCUT2D eigenvalue weighted by atomic mass is 16.5. The van der Waals surface area contributed by atoms with Crippen LogP contribution in [0, 0.1) is 5.92 Å². The summed E-state index contributed by atoms with van der Waals surface area (Å²) in [6.45, 7) is 4.84. The number of anilines is 2. The van der Waals surface area contributed by atoms with Crippen molar-refractivity contribution >= 4 is 11.5 Å². The number of nitrogens with two attached hydrogens (primary N) is 1.